The third-order valence-corrected chi connectivity index (χ3v) is 3.20. The molecule has 0 fully saturated rings. The number of carbonyl (C=O) groups is 2. The number of tetrazole rings is 1. The Balaban J connectivity index is 1.92. The van der Waals surface area contributed by atoms with Crippen molar-refractivity contribution in [2.24, 2.45) is 0 Å². The number of hydrogen-bond acceptors (Lipinski definition) is 6. The Labute approximate surface area is 131 Å². The maximum absolute atomic E-state index is 11.8. The van der Waals surface area contributed by atoms with Crippen molar-refractivity contribution >= 4 is 11.9 Å². The van der Waals surface area contributed by atoms with Crippen molar-refractivity contribution in [1.29, 1.82) is 0 Å². The number of hydrogen-bond donors (Lipinski definition) is 3. The van der Waals surface area contributed by atoms with Gasteiger partial charge in [-0.15, -0.1) is 5.10 Å². The van der Waals surface area contributed by atoms with Crippen LogP contribution in [-0.4, -0.2) is 54.9 Å². The van der Waals surface area contributed by atoms with Crippen molar-refractivity contribution in [3.63, 3.8) is 0 Å². The van der Waals surface area contributed by atoms with Crippen LogP contribution >= 0.6 is 0 Å². The summed E-state index contributed by atoms with van der Waals surface area (Å²) in [4.78, 5) is 22.6. The van der Waals surface area contributed by atoms with Crippen LogP contribution in [0.4, 0.5) is 0 Å². The van der Waals surface area contributed by atoms with E-state index in [4.69, 9.17) is 10.2 Å². The summed E-state index contributed by atoms with van der Waals surface area (Å²) in [7, 11) is 0. The molecule has 9 heteroatoms. The number of aliphatic hydroxyl groups excluding tert-OH is 1. The third kappa shape index (κ3) is 4.85. The number of carboxylic acids is 1. The van der Waals surface area contributed by atoms with Gasteiger partial charge < -0.3 is 15.5 Å². The average Bonchev–Trinajstić information content (AvgIpc) is 2.98. The smallest absolute Gasteiger partial charge is 0.328 e. The van der Waals surface area contributed by atoms with E-state index in [0.717, 1.165) is 5.56 Å². The van der Waals surface area contributed by atoms with Crippen molar-refractivity contribution in [1.82, 2.24) is 25.5 Å². The van der Waals surface area contributed by atoms with Gasteiger partial charge in [0.05, 0.1) is 13.0 Å². The Kier molecular flexibility index (Phi) is 5.75. The van der Waals surface area contributed by atoms with Crippen molar-refractivity contribution in [2.75, 3.05) is 6.61 Å². The Hall–Kier alpha value is -2.81. The van der Waals surface area contributed by atoms with Crippen LogP contribution in [-0.2, 0) is 29.0 Å². The first-order valence-electron chi connectivity index (χ1n) is 7.02. The fourth-order valence-corrected chi connectivity index (χ4v) is 1.98. The maximum atomic E-state index is 11.8. The van der Waals surface area contributed by atoms with Crippen LogP contribution < -0.4 is 5.32 Å². The number of carboxylic acid groups (broad SMARTS) is 1. The molecule has 0 saturated carbocycles. The summed E-state index contributed by atoms with van der Waals surface area (Å²) >= 11 is 0. The highest BCUT2D eigenvalue weighted by molar-refractivity contribution is 5.84. The number of aromatic nitrogens is 4. The van der Waals surface area contributed by atoms with E-state index in [2.05, 4.69) is 20.8 Å². The van der Waals surface area contributed by atoms with Gasteiger partial charge in [-0.05, 0) is 22.4 Å². The van der Waals surface area contributed by atoms with Crippen LogP contribution in [0.1, 0.15) is 11.4 Å². The molecule has 2 aromatic rings. The second-order valence-electron chi connectivity index (χ2n) is 4.87. The molecule has 23 heavy (non-hydrogen) atoms. The normalized spacial score (nSPS) is 11.9. The lowest BCUT2D eigenvalue weighted by Gasteiger charge is -2.11. The molecule has 9 nitrogen and oxygen atoms in total. The number of nitrogens with one attached hydrogen (secondary N) is 1. The zero-order valence-corrected chi connectivity index (χ0v) is 12.3. The van der Waals surface area contributed by atoms with Crippen LogP contribution in [0.3, 0.4) is 0 Å². The molecule has 1 amide bonds. The summed E-state index contributed by atoms with van der Waals surface area (Å²) in [6, 6.07) is 8.42. The van der Waals surface area contributed by atoms with Gasteiger partial charge in [-0.2, -0.15) is 0 Å². The molecule has 2 rings (SSSR count). The molecule has 1 heterocycles. The minimum absolute atomic E-state index is 0.161. The molecule has 122 valence electrons. The number of carbonyl (C=O) groups excluding carboxylic acids is 1. The predicted octanol–water partition coefficient (Wildman–Crippen LogP) is -0.980. The van der Waals surface area contributed by atoms with Crippen molar-refractivity contribution < 1.29 is 19.8 Å². The zero-order valence-electron chi connectivity index (χ0n) is 12.3. The van der Waals surface area contributed by atoms with Gasteiger partial charge in [-0.25, -0.2) is 9.48 Å². The van der Waals surface area contributed by atoms with Crippen molar-refractivity contribution in [3.05, 3.63) is 41.7 Å². The van der Waals surface area contributed by atoms with Crippen LogP contribution in [0.25, 0.3) is 0 Å². The van der Waals surface area contributed by atoms with Crippen LogP contribution in [0, 0.1) is 0 Å². The second kappa shape index (κ2) is 7.99. The topological polar surface area (TPSA) is 130 Å². The molecule has 1 unspecified atom stereocenters. The van der Waals surface area contributed by atoms with Crippen LogP contribution in [0.5, 0.6) is 0 Å². The lowest BCUT2D eigenvalue weighted by Crippen LogP contribution is -2.44. The molecular weight excluding hydrogens is 302 g/mol. The van der Waals surface area contributed by atoms with Gasteiger partial charge in [-0.3, -0.25) is 4.79 Å². The van der Waals surface area contributed by atoms with Gasteiger partial charge in [-0.1, -0.05) is 30.3 Å². The molecule has 0 spiro atoms. The molecule has 0 saturated heterocycles. The Morgan fingerprint density at radius 1 is 1.26 bits per heavy atom. The molecule has 0 aliphatic carbocycles. The van der Waals surface area contributed by atoms with Gasteiger partial charge in [0.15, 0.2) is 5.82 Å². The number of nitrogens with zero attached hydrogens (tertiary/aromatic N) is 4. The van der Waals surface area contributed by atoms with Crippen molar-refractivity contribution in [2.45, 2.75) is 25.4 Å². The largest absolute Gasteiger partial charge is 0.480 e. The van der Waals surface area contributed by atoms with E-state index in [1.807, 2.05) is 30.3 Å². The van der Waals surface area contributed by atoms with Gasteiger partial charge in [0.1, 0.15) is 6.04 Å². The summed E-state index contributed by atoms with van der Waals surface area (Å²) < 4.78 is 1.50. The Bertz CT molecular complexity index is 658. The number of benzene rings is 1. The predicted molar refractivity (Wildman–Crippen MR) is 78.3 cm³/mol. The van der Waals surface area contributed by atoms with Crippen molar-refractivity contribution in [3.8, 4) is 0 Å². The SMILES string of the molecule is O=C(Cc1nnnn1CCc1ccccc1)NC(CO)C(=O)O. The number of aliphatic carboxylic acids is 1. The highest BCUT2D eigenvalue weighted by atomic mass is 16.4. The molecule has 1 aromatic heterocycles. The second-order valence-corrected chi connectivity index (χ2v) is 4.87. The highest BCUT2D eigenvalue weighted by Crippen LogP contribution is 2.03. The summed E-state index contributed by atoms with van der Waals surface area (Å²) in [5.74, 6) is -1.53. The van der Waals surface area contributed by atoms with E-state index in [1.165, 1.54) is 4.68 Å². The van der Waals surface area contributed by atoms with Gasteiger partial charge in [0, 0.05) is 6.54 Å². The lowest BCUT2D eigenvalue weighted by atomic mass is 10.1. The van der Waals surface area contributed by atoms with Gasteiger partial charge in [0.2, 0.25) is 5.91 Å². The van der Waals surface area contributed by atoms with Crippen LogP contribution in [0.15, 0.2) is 30.3 Å². The molecule has 3 N–H and O–H groups in total. The summed E-state index contributed by atoms with van der Waals surface area (Å²) in [6.07, 6.45) is 0.542. The maximum Gasteiger partial charge on any atom is 0.328 e. The van der Waals surface area contributed by atoms with E-state index < -0.39 is 24.5 Å². The zero-order chi connectivity index (χ0) is 16.7. The number of aryl methyl sites for hydroxylation is 2. The lowest BCUT2D eigenvalue weighted by molar-refractivity contribution is -0.142. The molecule has 0 radical (unpaired) electrons. The fraction of sp³-hybridized carbons (Fsp3) is 0.357. The third-order valence-electron chi connectivity index (χ3n) is 3.20. The van der Waals surface area contributed by atoms with Crippen LogP contribution in [0.2, 0.25) is 0 Å². The molecule has 0 bridgehead atoms. The quantitative estimate of drug-likeness (QED) is 0.570. The average molecular weight is 319 g/mol. The summed E-state index contributed by atoms with van der Waals surface area (Å²) in [5.41, 5.74) is 1.12. The Morgan fingerprint density at radius 2 is 2.00 bits per heavy atom. The first-order chi connectivity index (χ1) is 11.1. The van der Waals surface area contributed by atoms with Gasteiger partial charge >= 0.3 is 5.97 Å². The first kappa shape index (κ1) is 16.6. The standard InChI is InChI=1S/C14H17N5O4/c20-9-11(14(22)23)15-13(21)8-12-16-17-18-19(12)7-6-10-4-2-1-3-5-10/h1-5,11,20H,6-9H2,(H,15,21)(H,22,23). The molecule has 0 aliphatic rings. The number of amides is 1. The minimum atomic E-state index is -1.34. The highest BCUT2D eigenvalue weighted by Gasteiger charge is 2.20. The van der Waals surface area contributed by atoms with E-state index in [0.29, 0.717) is 18.8 Å². The number of rotatable bonds is 8. The Morgan fingerprint density at radius 3 is 2.65 bits per heavy atom. The summed E-state index contributed by atoms with van der Waals surface area (Å²) in [6.45, 7) is -0.179. The minimum Gasteiger partial charge on any atom is -0.480 e. The monoisotopic (exact) mass is 319 g/mol. The molecule has 1 atom stereocenters. The van der Waals surface area contributed by atoms with E-state index >= 15 is 0 Å². The fourth-order valence-electron chi connectivity index (χ4n) is 1.98. The molecule has 0 aliphatic heterocycles. The van der Waals surface area contributed by atoms with Gasteiger partial charge in [0.25, 0.3) is 0 Å². The summed E-state index contributed by atoms with van der Waals surface area (Å²) in [5, 5.41) is 31.0. The first-order valence-corrected chi connectivity index (χ1v) is 7.02. The van der Waals surface area contributed by atoms with E-state index in [9.17, 15) is 9.59 Å². The van der Waals surface area contributed by atoms with E-state index in [-0.39, 0.29) is 6.42 Å². The molecular formula is C14H17N5O4. The number of aliphatic hydroxyl groups is 1. The van der Waals surface area contributed by atoms with E-state index in [1.54, 1.807) is 0 Å². The molecule has 1 aromatic carbocycles.